The zero-order valence-electron chi connectivity index (χ0n) is 13.4. The molecule has 1 aliphatic carbocycles. The first-order valence-electron chi connectivity index (χ1n) is 8.42. The molecule has 2 aliphatic rings. The second-order valence-electron chi connectivity index (χ2n) is 6.38. The Balaban J connectivity index is 1.40. The average Bonchev–Trinajstić information content (AvgIpc) is 3.11. The molecule has 7 heteroatoms. The molecule has 1 saturated carbocycles. The molecule has 2 aromatic rings. The summed E-state index contributed by atoms with van der Waals surface area (Å²) in [6.07, 6.45) is 9.42. The fraction of sp³-hybridized carbons (Fsp3) is 0.529. The van der Waals surface area contributed by atoms with Gasteiger partial charge in [0.1, 0.15) is 0 Å². The lowest BCUT2D eigenvalue weighted by molar-refractivity contribution is 0.0860. The number of anilines is 1. The van der Waals surface area contributed by atoms with Gasteiger partial charge in [0.15, 0.2) is 5.13 Å². The van der Waals surface area contributed by atoms with Gasteiger partial charge in [-0.05, 0) is 37.7 Å². The molecule has 2 aromatic heterocycles. The molecule has 0 aromatic carbocycles. The summed E-state index contributed by atoms with van der Waals surface area (Å²) in [6, 6.07) is 2.15. The van der Waals surface area contributed by atoms with Crippen LogP contribution in [0, 0.1) is 0 Å². The molecule has 2 fully saturated rings. The maximum Gasteiger partial charge on any atom is 0.324 e. The van der Waals surface area contributed by atoms with Crippen molar-refractivity contribution in [2.75, 3.05) is 18.5 Å². The Kier molecular flexibility index (Phi) is 4.53. The van der Waals surface area contributed by atoms with Gasteiger partial charge in [0, 0.05) is 35.9 Å². The molecule has 6 nitrogen and oxygen atoms in total. The SMILES string of the molecule is O=C(Nc1ncc(C2CCOCC2)s1)N(Cc1ccoc1)C1CC1. The van der Waals surface area contributed by atoms with Crippen molar-refractivity contribution in [3.8, 4) is 0 Å². The number of hydrogen-bond acceptors (Lipinski definition) is 5. The molecular formula is C17H21N3O3S. The van der Waals surface area contributed by atoms with Crippen LogP contribution in [0.2, 0.25) is 0 Å². The van der Waals surface area contributed by atoms with E-state index in [1.807, 2.05) is 17.2 Å². The van der Waals surface area contributed by atoms with Crippen LogP contribution in [0.4, 0.5) is 9.93 Å². The van der Waals surface area contributed by atoms with Crippen molar-refractivity contribution in [3.05, 3.63) is 35.2 Å². The van der Waals surface area contributed by atoms with Crippen molar-refractivity contribution in [1.29, 1.82) is 0 Å². The minimum absolute atomic E-state index is 0.0772. The highest BCUT2D eigenvalue weighted by Crippen LogP contribution is 2.33. The normalized spacial score (nSPS) is 18.5. The van der Waals surface area contributed by atoms with E-state index in [4.69, 9.17) is 9.15 Å². The van der Waals surface area contributed by atoms with E-state index >= 15 is 0 Å². The minimum atomic E-state index is -0.0772. The second kappa shape index (κ2) is 6.94. The van der Waals surface area contributed by atoms with Crippen LogP contribution in [0.15, 0.2) is 29.2 Å². The van der Waals surface area contributed by atoms with Crippen LogP contribution in [-0.2, 0) is 11.3 Å². The molecule has 3 heterocycles. The van der Waals surface area contributed by atoms with Crippen LogP contribution in [0.1, 0.15) is 42.0 Å². The number of urea groups is 1. The van der Waals surface area contributed by atoms with Crippen LogP contribution in [-0.4, -0.2) is 35.2 Å². The van der Waals surface area contributed by atoms with E-state index in [0.29, 0.717) is 23.6 Å². The number of aromatic nitrogens is 1. The first-order valence-corrected chi connectivity index (χ1v) is 9.23. The number of ether oxygens (including phenoxy) is 1. The van der Waals surface area contributed by atoms with Crippen molar-refractivity contribution in [2.45, 2.75) is 44.2 Å². The topological polar surface area (TPSA) is 67.6 Å². The van der Waals surface area contributed by atoms with Gasteiger partial charge < -0.3 is 14.1 Å². The molecule has 0 atom stereocenters. The summed E-state index contributed by atoms with van der Waals surface area (Å²) in [7, 11) is 0. The largest absolute Gasteiger partial charge is 0.472 e. The van der Waals surface area contributed by atoms with E-state index in [1.165, 1.54) is 4.88 Å². The lowest BCUT2D eigenvalue weighted by Gasteiger charge is -2.21. The van der Waals surface area contributed by atoms with Crippen LogP contribution in [0.25, 0.3) is 0 Å². The number of rotatable bonds is 5. The molecule has 0 unspecified atom stereocenters. The predicted molar refractivity (Wildman–Crippen MR) is 91.2 cm³/mol. The van der Waals surface area contributed by atoms with Crippen LogP contribution >= 0.6 is 11.3 Å². The van der Waals surface area contributed by atoms with E-state index in [9.17, 15) is 4.79 Å². The summed E-state index contributed by atoms with van der Waals surface area (Å²) in [6.45, 7) is 2.19. The molecule has 0 radical (unpaired) electrons. The minimum Gasteiger partial charge on any atom is -0.472 e. The number of nitrogens with one attached hydrogen (secondary N) is 1. The highest BCUT2D eigenvalue weighted by atomic mass is 32.1. The van der Waals surface area contributed by atoms with E-state index in [1.54, 1.807) is 23.9 Å². The van der Waals surface area contributed by atoms with Gasteiger partial charge in [0.05, 0.1) is 19.1 Å². The summed E-state index contributed by atoms with van der Waals surface area (Å²) in [4.78, 5) is 20.1. The number of hydrogen-bond donors (Lipinski definition) is 1. The summed E-state index contributed by atoms with van der Waals surface area (Å²) < 4.78 is 10.5. The fourth-order valence-electron chi connectivity index (χ4n) is 3.01. The highest BCUT2D eigenvalue weighted by Gasteiger charge is 2.33. The molecule has 1 saturated heterocycles. The van der Waals surface area contributed by atoms with Gasteiger partial charge >= 0.3 is 6.03 Å². The zero-order valence-corrected chi connectivity index (χ0v) is 14.3. The molecule has 0 spiro atoms. The van der Waals surface area contributed by atoms with Gasteiger partial charge in [0.2, 0.25) is 0 Å². The van der Waals surface area contributed by atoms with Crippen molar-refractivity contribution in [2.24, 2.45) is 0 Å². The lowest BCUT2D eigenvalue weighted by atomic mass is 9.99. The lowest BCUT2D eigenvalue weighted by Crippen LogP contribution is -2.36. The standard InChI is InChI=1S/C17H21N3O3S/c21-17(20(14-1-2-14)10-12-3-6-23-11-12)19-16-18-9-15(24-16)13-4-7-22-8-5-13/h3,6,9,11,13-14H,1-2,4-5,7-8,10H2,(H,18,19,21). The quantitative estimate of drug-likeness (QED) is 0.893. The molecule has 4 rings (SSSR count). The number of carbonyl (C=O) groups is 1. The second-order valence-corrected chi connectivity index (χ2v) is 7.44. The Morgan fingerprint density at radius 1 is 1.33 bits per heavy atom. The Morgan fingerprint density at radius 3 is 2.88 bits per heavy atom. The molecule has 1 N–H and O–H groups in total. The van der Waals surface area contributed by atoms with Crippen molar-refractivity contribution in [1.82, 2.24) is 9.88 Å². The van der Waals surface area contributed by atoms with E-state index < -0.39 is 0 Å². The molecule has 2 amide bonds. The summed E-state index contributed by atoms with van der Waals surface area (Å²) in [5.74, 6) is 0.507. The van der Waals surface area contributed by atoms with Crippen LogP contribution in [0.5, 0.6) is 0 Å². The van der Waals surface area contributed by atoms with E-state index in [0.717, 1.165) is 44.5 Å². The molecule has 24 heavy (non-hydrogen) atoms. The van der Waals surface area contributed by atoms with E-state index in [2.05, 4.69) is 10.3 Å². The monoisotopic (exact) mass is 347 g/mol. The first kappa shape index (κ1) is 15.7. The third-order valence-electron chi connectivity index (χ3n) is 4.54. The Hall–Kier alpha value is -1.86. The summed E-state index contributed by atoms with van der Waals surface area (Å²) in [5.41, 5.74) is 1.01. The number of amides is 2. The average molecular weight is 347 g/mol. The number of carbonyl (C=O) groups excluding carboxylic acids is 1. The van der Waals surface area contributed by atoms with Gasteiger partial charge in [-0.2, -0.15) is 0 Å². The van der Waals surface area contributed by atoms with E-state index in [-0.39, 0.29) is 6.03 Å². The molecule has 128 valence electrons. The third-order valence-corrected chi connectivity index (χ3v) is 5.62. The van der Waals surface area contributed by atoms with Gasteiger partial charge in [-0.15, -0.1) is 11.3 Å². The zero-order chi connectivity index (χ0) is 16.4. The van der Waals surface area contributed by atoms with Crippen LogP contribution < -0.4 is 5.32 Å². The first-order chi connectivity index (χ1) is 11.8. The Labute approximate surface area is 144 Å². The Bertz CT molecular complexity index is 675. The van der Waals surface area contributed by atoms with Gasteiger partial charge in [-0.1, -0.05) is 0 Å². The Morgan fingerprint density at radius 2 is 2.17 bits per heavy atom. The molecule has 1 aliphatic heterocycles. The predicted octanol–water partition coefficient (Wildman–Crippen LogP) is 3.83. The van der Waals surface area contributed by atoms with Crippen molar-refractivity contribution >= 4 is 22.5 Å². The van der Waals surface area contributed by atoms with Crippen molar-refractivity contribution in [3.63, 3.8) is 0 Å². The van der Waals surface area contributed by atoms with Crippen LogP contribution in [0.3, 0.4) is 0 Å². The maximum absolute atomic E-state index is 12.6. The highest BCUT2D eigenvalue weighted by molar-refractivity contribution is 7.15. The van der Waals surface area contributed by atoms with Gasteiger partial charge in [-0.25, -0.2) is 9.78 Å². The van der Waals surface area contributed by atoms with Crippen molar-refractivity contribution < 1.29 is 13.9 Å². The summed E-state index contributed by atoms with van der Waals surface area (Å²) >= 11 is 1.58. The molecule has 0 bridgehead atoms. The number of nitrogens with zero attached hydrogens (tertiary/aromatic N) is 2. The third kappa shape index (κ3) is 3.62. The summed E-state index contributed by atoms with van der Waals surface area (Å²) in [5, 5.41) is 3.65. The smallest absolute Gasteiger partial charge is 0.324 e. The number of furan rings is 1. The maximum atomic E-state index is 12.6. The molecular weight excluding hydrogens is 326 g/mol. The fourth-order valence-corrected chi connectivity index (χ4v) is 3.99. The number of thiazole rings is 1. The van der Waals surface area contributed by atoms with Gasteiger partial charge in [-0.3, -0.25) is 5.32 Å². The van der Waals surface area contributed by atoms with Gasteiger partial charge in [0.25, 0.3) is 0 Å².